The van der Waals surface area contributed by atoms with E-state index in [1.807, 2.05) is 24.3 Å². The Balaban J connectivity index is 1.87. The lowest BCUT2D eigenvalue weighted by atomic mass is 9.74. The van der Waals surface area contributed by atoms with Crippen LogP contribution in [0.1, 0.15) is 24.8 Å². The van der Waals surface area contributed by atoms with Gasteiger partial charge in [-0.15, -0.1) is 0 Å². The Kier molecular flexibility index (Phi) is 3.27. The highest BCUT2D eigenvalue weighted by molar-refractivity contribution is 6.30. The van der Waals surface area contributed by atoms with Gasteiger partial charge in [0.15, 0.2) is 0 Å². The number of hydrogen-bond donors (Lipinski definition) is 1. The van der Waals surface area contributed by atoms with E-state index in [0.29, 0.717) is 30.4 Å². The largest absolute Gasteiger partial charge is 0.481 e. The Morgan fingerprint density at radius 2 is 2.05 bits per heavy atom. The summed E-state index contributed by atoms with van der Waals surface area (Å²) in [4.78, 5) is 11.8. The molecule has 1 aromatic carbocycles. The van der Waals surface area contributed by atoms with Gasteiger partial charge < -0.3 is 9.84 Å². The number of hydrogen-bond acceptors (Lipinski definition) is 2. The van der Waals surface area contributed by atoms with Crippen LogP contribution in [-0.4, -0.2) is 23.8 Å². The van der Waals surface area contributed by atoms with Crippen molar-refractivity contribution in [3.05, 3.63) is 34.9 Å². The lowest BCUT2D eigenvalue weighted by Crippen LogP contribution is -2.42. The molecule has 2 fully saturated rings. The van der Waals surface area contributed by atoms with Gasteiger partial charge in [-0.25, -0.2) is 0 Å². The van der Waals surface area contributed by atoms with Gasteiger partial charge in [0.2, 0.25) is 0 Å². The Morgan fingerprint density at radius 3 is 2.63 bits per heavy atom. The molecular weight excluding hydrogens is 264 g/mol. The molecule has 1 N–H and O–H groups in total. The SMILES string of the molecule is O=C(O)C1(Cc2ccc(Cl)cc2)CCOC1C1CC1. The molecule has 102 valence electrons. The van der Waals surface area contributed by atoms with Gasteiger partial charge in [0.1, 0.15) is 5.41 Å². The van der Waals surface area contributed by atoms with Crippen molar-refractivity contribution in [2.75, 3.05) is 6.61 Å². The predicted octanol–water partition coefficient (Wildman–Crippen LogP) is 3.15. The van der Waals surface area contributed by atoms with E-state index in [1.165, 1.54) is 0 Å². The third-order valence-corrected chi connectivity index (χ3v) is 4.55. The Hall–Kier alpha value is -1.06. The van der Waals surface area contributed by atoms with Crippen molar-refractivity contribution in [1.82, 2.24) is 0 Å². The van der Waals surface area contributed by atoms with Gasteiger partial charge in [-0.3, -0.25) is 4.79 Å². The lowest BCUT2D eigenvalue weighted by molar-refractivity contribution is -0.153. The number of halogens is 1. The minimum absolute atomic E-state index is 0.124. The average Bonchev–Trinajstić information content (AvgIpc) is 3.14. The van der Waals surface area contributed by atoms with Crippen LogP contribution in [0.25, 0.3) is 0 Å². The van der Waals surface area contributed by atoms with Gasteiger partial charge in [0, 0.05) is 11.6 Å². The van der Waals surface area contributed by atoms with Crippen LogP contribution in [-0.2, 0) is 16.0 Å². The van der Waals surface area contributed by atoms with Crippen LogP contribution in [0.3, 0.4) is 0 Å². The van der Waals surface area contributed by atoms with Crippen LogP contribution in [0.2, 0.25) is 5.02 Å². The quantitative estimate of drug-likeness (QED) is 0.921. The molecule has 2 aliphatic rings. The van der Waals surface area contributed by atoms with Crippen molar-refractivity contribution in [2.45, 2.75) is 31.8 Å². The molecule has 0 bridgehead atoms. The summed E-state index contributed by atoms with van der Waals surface area (Å²) in [6.07, 6.45) is 3.20. The predicted molar refractivity (Wildman–Crippen MR) is 72.3 cm³/mol. The van der Waals surface area contributed by atoms with Gasteiger partial charge in [-0.1, -0.05) is 23.7 Å². The number of carboxylic acid groups (broad SMARTS) is 1. The van der Waals surface area contributed by atoms with Gasteiger partial charge >= 0.3 is 5.97 Å². The monoisotopic (exact) mass is 280 g/mol. The molecule has 2 atom stereocenters. The minimum Gasteiger partial charge on any atom is -0.481 e. The molecule has 1 heterocycles. The van der Waals surface area contributed by atoms with E-state index >= 15 is 0 Å². The Labute approximate surface area is 117 Å². The summed E-state index contributed by atoms with van der Waals surface area (Å²) in [5.41, 5.74) is 0.262. The molecular formula is C15H17ClO3. The second-order valence-electron chi connectivity index (χ2n) is 5.64. The van der Waals surface area contributed by atoms with E-state index in [0.717, 1.165) is 18.4 Å². The third-order valence-electron chi connectivity index (χ3n) is 4.30. The summed E-state index contributed by atoms with van der Waals surface area (Å²) >= 11 is 5.87. The van der Waals surface area contributed by atoms with Crippen LogP contribution in [0.15, 0.2) is 24.3 Å². The summed E-state index contributed by atoms with van der Waals surface area (Å²) in [6, 6.07) is 7.45. The first-order valence-corrected chi connectivity index (χ1v) is 7.09. The fourth-order valence-electron chi connectivity index (χ4n) is 3.12. The molecule has 3 nitrogen and oxygen atoms in total. The molecule has 1 saturated carbocycles. The van der Waals surface area contributed by atoms with Gasteiger partial charge in [-0.2, -0.15) is 0 Å². The topological polar surface area (TPSA) is 46.5 Å². The summed E-state index contributed by atoms with van der Waals surface area (Å²) in [6.45, 7) is 0.557. The van der Waals surface area contributed by atoms with Crippen molar-refractivity contribution < 1.29 is 14.6 Å². The van der Waals surface area contributed by atoms with Crippen LogP contribution in [0.4, 0.5) is 0 Å². The number of benzene rings is 1. The standard InChI is InChI=1S/C15H17ClO3/c16-12-5-1-10(2-6-12)9-15(14(17)18)7-8-19-13(15)11-3-4-11/h1-2,5-6,11,13H,3-4,7-9H2,(H,17,18). The molecule has 1 aliphatic carbocycles. The maximum Gasteiger partial charge on any atom is 0.312 e. The van der Waals surface area contributed by atoms with E-state index in [9.17, 15) is 9.90 Å². The zero-order valence-corrected chi connectivity index (χ0v) is 11.4. The third kappa shape index (κ3) is 2.37. The molecule has 1 aliphatic heterocycles. The van der Waals surface area contributed by atoms with Crippen molar-refractivity contribution in [3.63, 3.8) is 0 Å². The normalized spacial score (nSPS) is 30.5. The first-order valence-electron chi connectivity index (χ1n) is 6.71. The lowest BCUT2D eigenvalue weighted by Gasteiger charge is -2.30. The summed E-state index contributed by atoms with van der Waals surface area (Å²) in [5.74, 6) is -0.289. The van der Waals surface area contributed by atoms with Crippen LogP contribution >= 0.6 is 11.6 Å². The maximum absolute atomic E-state index is 11.8. The van der Waals surface area contributed by atoms with Crippen molar-refractivity contribution in [2.24, 2.45) is 11.3 Å². The summed E-state index contributed by atoms with van der Waals surface area (Å²) in [7, 11) is 0. The number of carbonyl (C=O) groups is 1. The maximum atomic E-state index is 11.8. The van der Waals surface area contributed by atoms with E-state index in [1.54, 1.807) is 0 Å². The number of aliphatic carboxylic acids is 1. The van der Waals surface area contributed by atoms with Gasteiger partial charge in [0.05, 0.1) is 6.10 Å². The Bertz CT molecular complexity index is 481. The first kappa shape index (κ1) is 12.9. The van der Waals surface area contributed by atoms with E-state index < -0.39 is 11.4 Å². The molecule has 1 saturated heterocycles. The molecule has 1 aromatic rings. The van der Waals surface area contributed by atoms with Crippen LogP contribution in [0, 0.1) is 11.3 Å². The van der Waals surface area contributed by atoms with Crippen molar-refractivity contribution in [3.8, 4) is 0 Å². The zero-order valence-electron chi connectivity index (χ0n) is 10.6. The molecule has 0 radical (unpaired) electrons. The Morgan fingerprint density at radius 1 is 1.37 bits per heavy atom. The van der Waals surface area contributed by atoms with Crippen LogP contribution < -0.4 is 0 Å². The first-order chi connectivity index (χ1) is 9.12. The fourth-order valence-corrected chi connectivity index (χ4v) is 3.24. The minimum atomic E-state index is -0.755. The van der Waals surface area contributed by atoms with Crippen molar-refractivity contribution in [1.29, 1.82) is 0 Å². The number of carboxylic acids is 1. The summed E-state index contributed by atoms with van der Waals surface area (Å²) < 4.78 is 5.74. The molecule has 2 unspecified atom stereocenters. The molecule has 3 rings (SSSR count). The highest BCUT2D eigenvalue weighted by Gasteiger charge is 2.55. The number of ether oxygens (including phenoxy) is 1. The second kappa shape index (κ2) is 4.80. The molecule has 19 heavy (non-hydrogen) atoms. The van der Waals surface area contributed by atoms with Crippen LogP contribution in [0.5, 0.6) is 0 Å². The zero-order chi connectivity index (χ0) is 13.5. The molecule has 0 amide bonds. The molecule has 4 heteroatoms. The van der Waals surface area contributed by atoms with E-state index in [4.69, 9.17) is 16.3 Å². The summed E-state index contributed by atoms with van der Waals surface area (Å²) in [5, 5.41) is 10.4. The van der Waals surface area contributed by atoms with Crippen molar-refractivity contribution >= 4 is 17.6 Å². The average molecular weight is 281 g/mol. The smallest absolute Gasteiger partial charge is 0.312 e. The molecule has 0 spiro atoms. The second-order valence-corrected chi connectivity index (χ2v) is 6.08. The number of rotatable bonds is 4. The highest BCUT2D eigenvalue weighted by Crippen LogP contribution is 2.49. The van der Waals surface area contributed by atoms with Gasteiger partial charge in [0.25, 0.3) is 0 Å². The highest BCUT2D eigenvalue weighted by atomic mass is 35.5. The van der Waals surface area contributed by atoms with E-state index in [2.05, 4.69) is 0 Å². The van der Waals surface area contributed by atoms with Gasteiger partial charge in [-0.05, 0) is 49.3 Å². The fraction of sp³-hybridized carbons (Fsp3) is 0.533. The van der Waals surface area contributed by atoms with E-state index in [-0.39, 0.29) is 6.10 Å². The molecule has 0 aromatic heterocycles.